The zero-order chi connectivity index (χ0) is 13.5. The van der Waals surface area contributed by atoms with E-state index in [1.807, 2.05) is 18.2 Å². The Kier molecular flexibility index (Phi) is 5.73. The van der Waals surface area contributed by atoms with Gasteiger partial charge in [-0.1, -0.05) is 30.3 Å². The quantitative estimate of drug-likeness (QED) is 0.716. The first-order chi connectivity index (χ1) is 9.33. The number of thioether (sulfide) groups is 1. The van der Waals surface area contributed by atoms with E-state index in [2.05, 4.69) is 17.4 Å². The minimum atomic E-state index is 0.171. The molecular formula is C15H21NO2S. The van der Waals surface area contributed by atoms with E-state index in [1.165, 1.54) is 5.56 Å². The summed E-state index contributed by atoms with van der Waals surface area (Å²) in [5.74, 6) is 2.67. The van der Waals surface area contributed by atoms with E-state index >= 15 is 0 Å². The van der Waals surface area contributed by atoms with Crippen LogP contribution in [0.3, 0.4) is 0 Å². The molecule has 1 aromatic rings. The number of hydrogen-bond donors (Lipinski definition) is 2. The first-order valence-electron chi connectivity index (χ1n) is 6.84. The molecule has 0 heterocycles. The lowest BCUT2D eigenvalue weighted by atomic mass is 10.1. The fraction of sp³-hybridized carbons (Fsp3) is 0.533. The highest BCUT2D eigenvalue weighted by Gasteiger charge is 2.43. The lowest BCUT2D eigenvalue weighted by molar-refractivity contribution is -0.122. The molecule has 104 valence electrons. The molecule has 19 heavy (non-hydrogen) atoms. The maximum absolute atomic E-state index is 11.9. The average Bonchev–Trinajstić information content (AvgIpc) is 3.24. The highest BCUT2D eigenvalue weighted by atomic mass is 32.2. The third-order valence-electron chi connectivity index (χ3n) is 3.35. The van der Waals surface area contributed by atoms with Crippen LogP contribution >= 0.6 is 11.8 Å². The molecule has 0 bridgehead atoms. The summed E-state index contributed by atoms with van der Waals surface area (Å²) in [6, 6.07) is 10.3. The van der Waals surface area contributed by atoms with Gasteiger partial charge in [0.25, 0.3) is 0 Å². The predicted octanol–water partition coefficient (Wildman–Crippen LogP) is 2.02. The van der Waals surface area contributed by atoms with E-state index in [-0.39, 0.29) is 18.4 Å². The second kappa shape index (κ2) is 7.56. The van der Waals surface area contributed by atoms with E-state index in [0.717, 1.165) is 30.9 Å². The predicted molar refractivity (Wildman–Crippen MR) is 79.3 cm³/mol. The molecular weight excluding hydrogens is 258 g/mol. The Labute approximate surface area is 118 Å². The summed E-state index contributed by atoms with van der Waals surface area (Å²) in [6.07, 6.45) is 1.81. The average molecular weight is 279 g/mol. The van der Waals surface area contributed by atoms with Crippen LogP contribution in [0.2, 0.25) is 0 Å². The number of aliphatic hydroxyl groups excluding tert-OH is 1. The van der Waals surface area contributed by atoms with Crippen molar-refractivity contribution >= 4 is 17.7 Å². The molecule has 1 fully saturated rings. The molecule has 2 atom stereocenters. The van der Waals surface area contributed by atoms with Crippen molar-refractivity contribution in [1.82, 2.24) is 5.32 Å². The van der Waals surface area contributed by atoms with Gasteiger partial charge >= 0.3 is 0 Å². The Balaban J connectivity index is 1.61. The van der Waals surface area contributed by atoms with E-state index in [1.54, 1.807) is 11.8 Å². The molecule has 0 spiro atoms. The number of carbonyl (C=O) groups is 1. The summed E-state index contributed by atoms with van der Waals surface area (Å²) in [6.45, 7) is 0.979. The van der Waals surface area contributed by atoms with Crippen molar-refractivity contribution in [3.05, 3.63) is 35.9 Å². The Morgan fingerprint density at radius 2 is 2.11 bits per heavy atom. The maximum atomic E-state index is 11.9. The fourth-order valence-electron chi connectivity index (χ4n) is 2.20. The van der Waals surface area contributed by atoms with Crippen molar-refractivity contribution in [3.63, 3.8) is 0 Å². The van der Waals surface area contributed by atoms with Gasteiger partial charge in [-0.3, -0.25) is 4.79 Å². The SMILES string of the molecule is O=C(NCCSCCCO)C1CC1c1ccccc1. The van der Waals surface area contributed by atoms with Gasteiger partial charge in [0.2, 0.25) is 5.91 Å². The third-order valence-corrected chi connectivity index (χ3v) is 4.42. The van der Waals surface area contributed by atoms with Gasteiger partial charge in [0.1, 0.15) is 0 Å². The summed E-state index contributed by atoms with van der Waals surface area (Å²) >= 11 is 1.77. The summed E-state index contributed by atoms with van der Waals surface area (Å²) < 4.78 is 0. The Bertz CT molecular complexity index is 396. The molecule has 0 saturated heterocycles. The summed E-state index contributed by atoms with van der Waals surface area (Å²) in [5, 5.41) is 11.6. The van der Waals surface area contributed by atoms with Crippen LogP contribution < -0.4 is 5.32 Å². The molecule has 4 heteroatoms. The molecule has 0 radical (unpaired) electrons. The number of hydrogen-bond acceptors (Lipinski definition) is 3. The molecule has 2 unspecified atom stereocenters. The minimum Gasteiger partial charge on any atom is -0.396 e. The van der Waals surface area contributed by atoms with Crippen LogP contribution in [0.15, 0.2) is 30.3 Å². The number of benzene rings is 1. The molecule has 1 saturated carbocycles. The first-order valence-corrected chi connectivity index (χ1v) is 7.99. The van der Waals surface area contributed by atoms with E-state index in [0.29, 0.717) is 5.92 Å². The largest absolute Gasteiger partial charge is 0.396 e. The van der Waals surface area contributed by atoms with Gasteiger partial charge in [-0.2, -0.15) is 11.8 Å². The zero-order valence-corrected chi connectivity index (χ0v) is 11.9. The van der Waals surface area contributed by atoms with Gasteiger partial charge in [-0.15, -0.1) is 0 Å². The van der Waals surface area contributed by atoms with Crippen molar-refractivity contribution in [2.45, 2.75) is 18.8 Å². The minimum absolute atomic E-state index is 0.171. The highest BCUT2D eigenvalue weighted by molar-refractivity contribution is 7.99. The number of aliphatic hydroxyl groups is 1. The Hall–Kier alpha value is -1.00. The maximum Gasteiger partial charge on any atom is 0.223 e. The fourth-order valence-corrected chi connectivity index (χ4v) is 2.98. The monoisotopic (exact) mass is 279 g/mol. The number of rotatable bonds is 8. The summed E-state index contributed by atoms with van der Waals surface area (Å²) in [5.41, 5.74) is 1.28. The van der Waals surface area contributed by atoms with E-state index in [9.17, 15) is 4.79 Å². The second-order valence-corrected chi connectivity index (χ2v) is 6.06. The lowest BCUT2D eigenvalue weighted by Crippen LogP contribution is -2.27. The molecule has 2 N–H and O–H groups in total. The lowest BCUT2D eigenvalue weighted by Gasteiger charge is -2.05. The smallest absolute Gasteiger partial charge is 0.223 e. The standard InChI is InChI=1S/C15H21NO2S/c17-8-4-9-19-10-7-16-15(18)14-11-13(14)12-5-2-1-3-6-12/h1-3,5-6,13-14,17H,4,7-11H2,(H,16,18). The van der Waals surface area contributed by atoms with Crippen molar-refractivity contribution < 1.29 is 9.90 Å². The van der Waals surface area contributed by atoms with Crippen LogP contribution in [0, 0.1) is 5.92 Å². The topological polar surface area (TPSA) is 49.3 Å². The Morgan fingerprint density at radius 1 is 1.32 bits per heavy atom. The molecule has 1 aliphatic carbocycles. The van der Waals surface area contributed by atoms with Gasteiger partial charge < -0.3 is 10.4 Å². The van der Waals surface area contributed by atoms with Gasteiger partial charge in [-0.05, 0) is 30.1 Å². The normalized spacial score (nSPS) is 21.1. The molecule has 0 aromatic heterocycles. The van der Waals surface area contributed by atoms with Crippen LogP contribution in [0.5, 0.6) is 0 Å². The molecule has 1 aliphatic rings. The zero-order valence-electron chi connectivity index (χ0n) is 11.0. The van der Waals surface area contributed by atoms with Crippen LogP contribution in [-0.2, 0) is 4.79 Å². The van der Waals surface area contributed by atoms with E-state index in [4.69, 9.17) is 5.11 Å². The van der Waals surface area contributed by atoms with Crippen LogP contribution in [0.1, 0.15) is 24.3 Å². The third kappa shape index (κ3) is 4.55. The number of carbonyl (C=O) groups excluding carboxylic acids is 1. The van der Waals surface area contributed by atoms with Crippen molar-refractivity contribution in [2.24, 2.45) is 5.92 Å². The van der Waals surface area contributed by atoms with Crippen molar-refractivity contribution in [1.29, 1.82) is 0 Å². The molecule has 0 aliphatic heterocycles. The van der Waals surface area contributed by atoms with Gasteiger partial charge in [-0.25, -0.2) is 0 Å². The van der Waals surface area contributed by atoms with E-state index < -0.39 is 0 Å². The van der Waals surface area contributed by atoms with Crippen LogP contribution in [0.4, 0.5) is 0 Å². The number of nitrogens with one attached hydrogen (secondary N) is 1. The van der Waals surface area contributed by atoms with Crippen molar-refractivity contribution in [2.75, 3.05) is 24.7 Å². The number of amides is 1. The van der Waals surface area contributed by atoms with Crippen LogP contribution in [0.25, 0.3) is 0 Å². The highest BCUT2D eigenvalue weighted by Crippen LogP contribution is 2.47. The summed E-state index contributed by atoms with van der Waals surface area (Å²) in [4.78, 5) is 11.9. The molecule has 3 nitrogen and oxygen atoms in total. The van der Waals surface area contributed by atoms with Gasteiger partial charge in [0, 0.05) is 24.8 Å². The second-order valence-electron chi connectivity index (χ2n) is 4.84. The summed E-state index contributed by atoms with van der Waals surface area (Å²) in [7, 11) is 0. The Morgan fingerprint density at radius 3 is 2.84 bits per heavy atom. The van der Waals surface area contributed by atoms with Crippen molar-refractivity contribution in [3.8, 4) is 0 Å². The molecule has 2 rings (SSSR count). The van der Waals surface area contributed by atoms with Crippen LogP contribution in [-0.4, -0.2) is 35.7 Å². The van der Waals surface area contributed by atoms with Gasteiger partial charge in [0.15, 0.2) is 0 Å². The van der Waals surface area contributed by atoms with Gasteiger partial charge in [0.05, 0.1) is 0 Å². The molecule has 1 aromatic carbocycles. The first kappa shape index (κ1) is 14.4. The molecule has 1 amide bonds.